The third kappa shape index (κ3) is 5.93. The summed E-state index contributed by atoms with van der Waals surface area (Å²) in [5, 5.41) is 12.6. The summed E-state index contributed by atoms with van der Waals surface area (Å²) in [7, 11) is 0. The van der Waals surface area contributed by atoms with Gasteiger partial charge in [-0.1, -0.05) is 85.2 Å². The normalized spacial score (nSPS) is 40.0. The van der Waals surface area contributed by atoms with Crippen molar-refractivity contribution in [3.05, 3.63) is 35.9 Å². The molecule has 5 saturated carbocycles. The average molecular weight is 662 g/mol. The smallest absolute Gasteiger partial charge is 0.306 e. The maximum Gasteiger partial charge on any atom is 0.306 e. The van der Waals surface area contributed by atoms with Gasteiger partial charge < -0.3 is 15.2 Å². The van der Waals surface area contributed by atoms with Crippen molar-refractivity contribution in [1.82, 2.24) is 5.32 Å². The first-order valence-electron chi connectivity index (χ1n) is 19.2. The molecule has 2 unspecified atom stereocenters. The maximum absolute atomic E-state index is 13.5. The van der Waals surface area contributed by atoms with Crippen molar-refractivity contribution >= 4 is 17.8 Å². The van der Waals surface area contributed by atoms with Gasteiger partial charge in [-0.05, 0) is 121 Å². The van der Waals surface area contributed by atoms with E-state index in [1.165, 1.54) is 51.4 Å². The van der Waals surface area contributed by atoms with Gasteiger partial charge in [-0.2, -0.15) is 0 Å². The van der Waals surface area contributed by atoms with Crippen LogP contribution in [0.15, 0.2) is 30.3 Å². The molecule has 5 fully saturated rings. The lowest BCUT2D eigenvalue weighted by Gasteiger charge is -2.72. The van der Waals surface area contributed by atoms with E-state index in [0.29, 0.717) is 36.6 Å². The molecule has 48 heavy (non-hydrogen) atoms. The molecule has 0 radical (unpaired) electrons. The third-order valence-electron chi connectivity index (χ3n) is 15.9. The minimum Gasteiger partial charge on any atom is -0.481 e. The molecule has 9 atom stereocenters. The van der Waals surface area contributed by atoms with E-state index < -0.39 is 11.4 Å². The number of carbonyl (C=O) groups excluding carboxylic acids is 2. The first kappa shape index (κ1) is 35.5. The van der Waals surface area contributed by atoms with Crippen molar-refractivity contribution in [3.63, 3.8) is 0 Å². The van der Waals surface area contributed by atoms with Crippen LogP contribution in [0, 0.1) is 56.2 Å². The first-order valence-corrected chi connectivity index (χ1v) is 19.2. The monoisotopic (exact) mass is 661 g/mol. The molecule has 6 heteroatoms. The van der Waals surface area contributed by atoms with Crippen LogP contribution < -0.4 is 5.32 Å². The number of rotatable bonds is 9. The molecule has 2 N–H and O–H groups in total. The Kier molecular flexibility index (Phi) is 9.19. The lowest BCUT2D eigenvalue weighted by molar-refractivity contribution is -0.248. The zero-order chi connectivity index (χ0) is 34.8. The van der Waals surface area contributed by atoms with E-state index >= 15 is 0 Å². The Bertz CT molecular complexity index is 1390. The summed E-state index contributed by atoms with van der Waals surface area (Å²) in [4.78, 5) is 38.0. The van der Waals surface area contributed by atoms with Gasteiger partial charge in [0.05, 0.1) is 12.8 Å². The molecule has 5 aliphatic rings. The van der Waals surface area contributed by atoms with E-state index in [1.807, 2.05) is 32.0 Å². The molecule has 0 spiro atoms. The zero-order valence-electron chi connectivity index (χ0n) is 31.0. The number of amides is 1. The molecular weight excluding hydrogens is 598 g/mol. The highest BCUT2D eigenvalue weighted by atomic mass is 16.5. The SMILES string of the molecule is CC(C)(CC(=O)O)CC(=O)O[C@H]1CC[C@@]2(C)C(CC[C@]3(C)C2CC[C@@H]2[C@H]4CCC[C@]4(CC(=O)NCc4ccccc4)CC[C@]23C)C1(C)C. The second-order valence-corrected chi connectivity index (χ2v) is 19.2. The lowest BCUT2D eigenvalue weighted by atomic mass is 9.32. The Morgan fingerprint density at radius 3 is 2.25 bits per heavy atom. The van der Waals surface area contributed by atoms with Crippen molar-refractivity contribution in [2.45, 2.75) is 151 Å². The molecule has 0 saturated heterocycles. The highest BCUT2D eigenvalue weighted by Gasteiger charge is 2.70. The van der Waals surface area contributed by atoms with Crippen molar-refractivity contribution in [2.24, 2.45) is 56.2 Å². The zero-order valence-corrected chi connectivity index (χ0v) is 31.0. The number of nitrogens with one attached hydrogen (secondary N) is 1. The summed E-state index contributed by atoms with van der Waals surface area (Å²) in [6, 6.07) is 10.3. The van der Waals surface area contributed by atoms with E-state index in [1.54, 1.807) is 0 Å². The van der Waals surface area contributed by atoms with E-state index in [0.717, 1.165) is 24.8 Å². The molecule has 6 nitrogen and oxygen atoms in total. The summed E-state index contributed by atoms with van der Waals surface area (Å²) in [5.41, 5.74) is 1.26. The van der Waals surface area contributed by atoms with Crippen molar-refractivity contribution in [1.29, 1.82) is 0 Å². The average Bonchev–Trinajstić information content (AvgIpc) is 3.41. The number of fused-ring (bicyclic) bond motifs is 7. The number of hydrogen-bond acceptors (Lipinski definition) is 4. The number of carbonyl (C=O) groups is 3. The van der Waals surface area contributed by atoms with Crippen LogP contribution in [0.4, 0.5) is 0 Å². The highest BCUT2D eigenvalue weighted by Crippen LogP contribution is 2.77. The van der Waals surface area contributed by atoms with Gasteiger partial charge in [0.1, 0.15) is 6.10 Å². The van der Waals surface area contributed by atoms with Crippen LogP contribution in [-0.2, 0) is 25.7 Å². The van der Waals surface area contributed by atoms with Crippen LogP contribution in [0.5, 0.6) is 0 Å². The van der Waals surface area contributed by atoms with Crippen LogP contribution in [0.3, 0.4) is 0 Å². The molecular formula is C42H63NO5. The van der Waals surface area contributed by atoms with Gasteiger partial charge in [0.15, 0.2) is 0 Å². The first-order chi connectivity index (χ1) is 22.5. The van der Waals surface area contributed by atoms with Crippen LogP contribution >= 0.6 is 0 Å². The summed E-state index contributed by atoms with van der Waals surface area (Å²) >= 11 is 0. The molecule has 0 bridgehead atoms. The number of aliphatic carboxylic acids is 1. The van der Waals surface area contributed by atoms with Gasteiger partial charge in [-0.15, -0.1) is 0 Å². The van der Waals surface area contributed by atoms with Crippen LogP contribution in [0.25, 0.3) is 0 Å². The summed E-state index contributed by atoms with van der Waals surface area (Å²) in [5.74, 6) is 1.52. The van der Waals surface area contributed by atoms with Gasteiger partial charge in [0, 0.05) is 18.4 Å². The molecule has 1 aromatic carbocycles. The molecule has 266 valence electrons. The van der Waals surface area contributed by atoms with E-state index in [2.05, 4.69) is 52.1 Å². The van der Waals surface area contributed by atoms with Crippen molar-refractivity contribution in [3.8, 4) is 0 Å². The summed E-state index contributed by atoms with van der Waals surface area (Å²) in [6.45, 7) is 16.9. The molecule has 5 aliphatic carbocycles. The topological polar surface area (TPSA) is 92.7 Å². The number of ether oxygens (including phenoxy) is 1. The van der Waals surface area contributed by atoms with Gasteiger partial charge >= 0.3 is 11.9 Å². The molecule has 0 heterocycles. The number of hydrogen-bond donors (Lipinski definition) is 2. The van der Waals surface area contributed by atoms with E-state index in [-0.39, 0.29) is 57.9 Å². The van der Waals surface area contributed by atoms with Crippen molar-refractivity contribution < 1.29 is 24.2 Å². The fraction of sp³-hybridized carbons (Fsp3) is 0.786. The Morgan fingerprint density at radius 2 is 1.54 bits per heavy atom. The second kappa shape index (κ2) is 12.4. The fourth-order valence-corrected chi connectivity index (χ4v) is 13.4. The largest absolute Gasteiger partial charge is 0.481 e. The fourth-order valence-electron chi connectivity index (χ4n) is 13.4. The third-order valence-corrected chi connectivity index (χ3v) is 15.9. The Labute approximate surface area is 289 Å². The standard InChI is InChI=1S/C42H63NO5/c1-37(2,25-35(45)46)26-36(47)48-33-18-20-39(5)31(38(33,3)4)17-21-41(7)32(39)16-15-29-30-14-11-19-42(30,23-22-40(29,41)6)24-34(44)43-27-28-12-9-8-10-13-28/h8-10,12-13,29-33H,11,14-27H2,1-7H3,(H,43,44)(H,45,46)/t29-,30-,31?,32?,33+,39+,40-,41-,42-/m1/s1. The molecule has 1 amide bonds. The van der Waals surface area contributed by atoms with Gasteiger partial charge in [0.25, 0.3) is 0 Å². The molecule has 0 aliphatic heterocycles. The minimum atomic E-state index is -0.879. The van der Waals surface area contributed by atoms with Crippen LogP contribution in [-0.4, -0.2) is 29.1 Å². The number of benzene rings is 1. The molecule has 0 aromatic heterocycles. The Balaban J connectivity index is 1.16. The summed E-state index contributed by atoms with van der Waals surface area (Å²) in [6.07, 6.45) is 13.6. The molecule has 1 aromatic rings. The van der Waals surface area contributed by atoms with Crippen LogP contribution in [0.2, 0.25) is 0 Å². The predicted octanol–water partition coefficient (Wildman–Crippen LogP) is 9.35. The molecule has 6 rings (SSSR count). The van der Waals surface area contributed by atoms with Crippen LogP contribution in [0.1, 0.15) is 144 Å². The van der Waals surface area contributed by atoms with Gasteiger partial charge in [-0.3, -0.25) is 14.4 Å². The van der Waals surface area contributed by atoms with E-state index in [9.17, 15) is 19.5 Å². The quantitative estimate of drug-likeness (QED) is 0.257. The second-order valence-electron chi connectivity index (χ2n) is 19.2. The number of esters is 1. The maximum atomic E-state index is 13.5. The summed E-state index contributed by atoms with van der Waals surface area (Å²) < 4.78 is 6.25. The highest BCUT2D eigenvalue weighted by molar-refractivity contribution is 5.77. The van der Waals surface area contributed by atoms with Gasteiger partial charge in [0.2, 0.25) is 5.91 Å². The minimum absolute atomic E-state index is 0.0414. The lowest BCUT2D eigenvalue weighted by Crippen LogP contribution is -2.66. The Morgan fingerprint density at radius 1 is 0.812 bits per heavy atom. The van der Waals surface area contributed by atoms with E-state index in [4.69, 9.17) is 4.74 Å². The van der Waals surface area contributed by atoms with Crippen molar-refractivity contribution in [2.75, 3.05) is 0 Å². The number of carboxylic acids is 1. The Hall–Kier alpha value is -2.37. The van der Waals surface area contributed by atoms with Gasteiger partial charge in [-0.25, -0.2) is 0 Å². The predicted molar refractivity (Wildman–Crippen MR) is 189 cm³/mol. The number of carboxylic acid groups (broad SMARTS) is 1.